The van der Waals surface area contributed by atoms with Crippen molar-refractivity contribution in [2.45, 2.75) is 32.6 Å². The molecule has 2 aliphatic rings. The Balaban J connectivity index is 2.03. The second-order valence-corrected chi connectivity index (χ2v) is 8.21. The highest BCUT2D eigenvalue weighted by molar-refractivity contribution is 6.02. The molecule has 0 amide bonds. The average molecular weight is 487 g/mol. The number of hydrogen-bond acceptors (Lipinski definition) is 9. The van der Waals surface area contributed by atoms with Crippen LogP contribution in [0.2, 0.25) is 0 Å². The van der Waals surface area contributed by atoms with Crippen LogP contribution in [0.3, 0.4) is 0 Å². The van der Waals surface area contributed by atoms with Crippen LogP contribution in [0.1, 0.15) is 42.9 Å². The van der Waals surface area contributed by atoms with E-state index in [1.165, 1.54) is 21.3 Å². The molecule has 0 fully saturated rings. The van der Waals surface area contributed by atoms with Gasteiger partial charge in [0.1, 0.15) is 0 Å². The second-order valence-electron chi connectivity index (χ2n) is 8.21. The monoisotopic (exact) mass is 486 g/mol. The maximum atomic E-state index is 13.6. The third-order valence-corrected chi connectivity index (χ3v) is 6.53. The third-order valence-electron chi connectivity index (χ3n) is 6.53. The van der Waals surface area contributed by atoms with E-state index >= 15 is 0 Å². The van der Waals surface area contributed by atoms with Gasteiger partial charge in [-0.15, -0.1) is 0 Å². The Morgan fingerprint density at radius 1 is 0.886 bits per heavy atom. The Hall–Kier alpha value is -3.62. The molecule has 9 nitrogen and oxygen atoms in total. The Bertz CT molecular complexity index is 1080. The minimum absolute atomic E-state index is 0.105. The van der Waals surface area contributed by atoms with Gasteiger partial charge in [-0.25, -0.2) is 0 Å². The lowest BCUT2D eigenvalue weighted by atomic mass is 9.61. The zero-order valence-corrected chi connectivity index (χ0v) is 20.6. The zero-order chi connectivity index (χ0) is 25.2. The van der Waals surface area contributed by atoms with E-state index < -0.39 is 23.3 Å². The van der Waals surface area contributed by atoms with Gasteiger partial charge in [-0.3, -0.25) is 9.59 Å². The SMILES string of the molecule is CCOC(=O)C1(C(=O)OCC)CCc2cc3c(cc2C1c1cc(OC)c(OC)c(OC)c1)OCO3. The van der Waals surface area contributed by atoms with Gasteiger partial charge >= 0.3 is 11.9 Å². The van der Waals surface area contributed by atoms with Gasteiger partial charge in [0.05, 0.1) is 34.5 Å². The summed E-state index contributed by atoms with van der Waals surface area (Å²) in [7, 11) is 4.54. The number of carbonyl (C=O) groups is 2. The highest BCUT2D eigenvalue weighted by Gasteiger charge is 2.58. The predicted molar refractivity (Wildman–Crippen MR) is 125 cm³/mol. The van der Waals surface area contributed by atoms with E-state index in [0.29, 0.717) is 40.7 Å². The van der Waals surface area contributed by atoms with Crippen LogP contribution in [0.15, 0.2) is 24.3 Å². The molecule has 0 aromatic heterocycles. The lowest BCUT2D eigenvalue weighted by Crippen LogP contribution is -2.49. The van der Waals surface area contributed by atoms with Crippen LogP contribution < -0.4 is 23.7 Å². The van der Waals surface area contributed by atoms with Gasteiger partial charge in [0, 0.05) is 5.92 Å². The maximum Gasteiger partial charge on any atom is 0.324 e. The fraction of sp³-hybridized carbons (Fsp3) is 0.462. The van der Waals surface area contributed by atoms with Gasteiger partial charge < -0.3 is 33.2 Å². The number of rotatable bonds is 8. The number of benzene rings is 2. The second kappa shape index (κ2) is 9.93. The lowest BCUT2D eigenvalue weighted by molar-refractivity contribution is -0.174. The molecule has 9 heteroatoms. The fourth-order valence-corrected chi connectivity index (χ4v) is 5.00. The molecule has 4 rings (SSSR count). The molecule has 1 unspecified atom stereocenters. The molecule has 2 aromatic rings. The van der Waals surface area contributed by atoms with Gasteiger partial charge in [-0.05, 0) is 67.6 Å². The number of hydrogen-bond donors (Lipinski definition) is 0. The van der Waals surface area contributed by atoms with Crippen LogP contribution in [0.5, 0.6) is 28.7 Å². The van der Waals surface area contributed by atoms with Crippen LogP contribution in [-0.4, -0.2) is 53.3 Å². The van der Waals surface area contributed by atoms with Gasteiger partial charge in [0.25, 0.3) is 0 Å². The molecule has 1 aliphatic carbocycles. The number of methoxy groups -OCH3 is 3. The molecule has 1 heterocycles. The summed E-state index contributed by atoms with van der Waals surface area (Å²) in [5.74, 6) is 0.330. The summed E-state index contributed by atoms with van der Waals surface area (Å²) < 4.78 is 38.8. The molecule has 1 atom stereocenters. The summed E-state index contributed by atoms with van der Waals surface area (Å²) in [6.45, 7) is 3.76. The highest BCUT2D eigenvalue weighted by Crippen LogP contribution is 2.55. The van der Waals surface area contributed by atoms with Crippen molar-refractivity contribution in [2.24, 2.45) is 5.41 Å². The van der Waals surface area contributed by atoms with Gasteiger partial charge in [0.15, 0.2) is 28.4 Å². The van der Waals surface area contributed by atoms with E-state index in [9.17, 15) is 9.59 Å². The van der Waals surface area contributed by atoms with Crippen LogP contribution in [0, 0.1) is 5.41 Å². The molecule has 0 bridgehead atoms. The van der Waals surface area contributed by atoms with Crippen molar-refractivity contribution in [3.05, 3.63) is 41.0 Å². The summed E-state index contributed by atoms with van der Waals surface area (Å²) >= 11 is 0. The van der Waals surface area contributed by atoms with Gasteiger partial charge in [0.2, 0.25) is 12.5 Å². The first-order valence-corrected chi connectivity index (χ1v) is 11.5. The normalized spacial score (nSPS) is 17.2. The Labute approximate surface area is 204 Å². The van der Waals surface area contributed by atoms with Crippen molar-refractivity contribution in [3.8, 4) is 28.7 Å². The quantitative estimate of drug-likeness (QED) is 0.409. The number of aryl methyl sites for hydroxylation is 1. The molecule has 0 radical (unpaired) electrons. The minimum atomic E-state index is -1.63. The Kier molecular flexibility index (Phi) is 6.95. The van der Waals surface area contributed by atoms with Crippen molar-refractivity contribution in [2.75, 3.05) is 41.3 Å². The van der Waals surface area contributed by atoms with Crippen molar-refractivity contribution in [1.29, 1.82) is 0 Å². The standard InChI is InChI=1S/C26H30O9/c1-6-32-24(27)26(25(28)33-7-2)9-8-15-10-18-19(35-14-34-18)13-17(15)22(26)16-11-20(29-3)23(31-5)21(12-16)30-4/h10-13,22H,6-9,14H2,1-5H3. The molecule has 0 spiro atoms. The summed E-state index contributed by atoms with van der Waals surface area (Å²) in [5, 5.41) is 0. The first-order valence-electron chi connectivity index (χ1n) is 11.5. The number of carbonyl (C=O) groups excluding carboxylic acids is 2. The van der Waals surface area contributed by atoms with E-state index in [-0.39, 0.29) is 26.4 Å². The molecule has 0 N–H and O–H groups in total. The van der Waals surface area contributed by atoms with E-state index in [0.717, 1.165) is 11.1 Å². The summed E-state index contributed by atoms with van der Waals surface area (Å²) in [6.07, 6.45) is 0.642. The fourth-order valence-electron chi connectivity index (χ4n) is 5.00. The summed E-state index contributed by atoms with van der Waals surface area (Å²) in [6, 6.07) is 7.23. The van der Waals surface area contributed by atoms with Crippen LogP contribution >= 0.6 is 0 Å². The van der Waals surface area contributed by atoms with Crippen LogP contribution in [-0.2, 0) is 25.5 Å². The van der Waals surface area contributed by atoms with Crippen molar-refractivity contribution in [3.63, 3.8) is 0 Å². The largest absolute Gasteiger partial charge is 0.493 e. The van der Waals surface area contributed by atoms with Crippen molar-refractivity contribution < 1.29 is 42.7 Å². The van der Waals surface area contributed by atoms with Gasteiger partial charge in [-0.2, -0.15) is 0 Å². The molecule has 1 aliphatic heterocycles. The smallest absolute Gasteiger partial charge is 0.324 e. The topological polar surface area (TPSA) is 98.8 Å². The summed E-state index contributed by atoms with van der Waals surface area (Å²) in [5.41, 5.74) is 0.672. The molecular formula is C26H30O9. The molecule has 188 valence electrons. The Morgan fingerprint density at radius 3 is 1.97 bits per heavy atom. The molecule has 0 saturated carbocycles. The zero-order valence-electron chi connectivity index (χ0n) is 20.6. The first kappa shape index (κ1) is 24.5. The molecule has 2 aromatic carbocycles. The number of esters is 2. The molecule has 0 saturated heterocycles. The Morgan fingerprint density at radius 2 is 1.46 bits per heavy atom. The van der Waals surface area contributed by atoms with Crippen LogP contribution in [0.4, 0.5) is 0 Å². The number of fused-ring (bicyclic) bond motifs is 2. The van der Waals surface area contributed by atoms with Crippen LogP contribution in [0.25, 0.3) is 0 Å². The molecule has 35 heavy (non-hydrogen) atoms. The maximum absolute atomic E-state index is 13.6. The van der Waals surface area contributed by atoms with E-state index in [4.69, 9.17) is 33.2 Å². The van der Waals surface area contributed by atoms with Crippen molar-refractivity contribution >= 4 is 11.9 Å². The van der Waals surface area contributed by atoms with E-state index in [1.807, 2.05) is 12.1 Å². The lowest BCUT2D eigenvalue weighted by Gasteiger charge is -2.41. The van der Waals surface area contributed by atoms with Crippen molar-refractivity contribution in [1.82, 2.24) is 0 Å². The van der Waals surface area contributed by atoms with E-state index in [2.05, 4.69) is 0 Å². The number of ether oxygens (including phenoxy) is 7. The summed E-state index contributed by atoms with van der Waals surface area (Å²) in [4.78, 5) is 27.3. The highest BCUT2D eigenvalue weighted by atomic mass is 16.7. The average Bonchev–Trinajstić information content (AvgIpc) is 3.33. The predicted octanol–water partition coefficient (Wildman–Crippen LogP) is 3.63. The first-order chi connectivity index (χ1) is 16.9. The molecular weight excluding hydrogens is 456 g/mol. The van der Waals surface area contributed by atoms with E-state index in [1.54, 1.807) is 26.0 Å². The third kappa shape index (κ3) is 3.98. The van der Waals surface area contributed by atoms with Gasteiger partial charge in [-0.1, -0.05) is 0 Å². The minimum Gasteiger partial charge on any atom is -0.493 e.